The van der Waals surface area contributed by atoms with E-state index in [-0.39, 0.29) is 5.91 Å². The van der Waals surface area contributed by atoms with Crippen LogP contribution in [-0.2, 0) is 0 Å². The third-order valence-electron chi connectivity index (χ3n) is 3.54. The molecule has 0 radical (unpaired) electrons. The number of nitriles is 1. The number of nitrogens with one attached hydrogen (secondary N) is 1. The van der Waals surface area contributed by atoms with Gasteiger partial charge in [0.15, 0.2) is 0 Å². The number of rotatable bonds is 7. The predicted octanol–water partition coefficient (Wildman–Crippen LogP) is 3.96. The number of nitrogens with zero attached hydrogens (tertiary/aromatic N) is 3. The SMILES string of the molecule is CCCN(CCC)C(=O)c1ccc(Nc2cccc(C#N)c2)cn1. The Bertz CT molecular complexity index is 713. The molecule has 0 saturated heterocycles. The van der Waals surface area contributed by atoms with Gasteiger partial charge in [-0.25, -0.2) is 4.98 Å². The van der Waals surface area contributed by atoms with Crippen LogP contribution in [0.15, 0.2) is 42.6 Å². The molecule has 0 saturated carbocycles. The van der Waals surface area contributed by atoms with Crippen molar-refractivity contribution in [3.05, 3.63) is 53.9 Å². The molecule has 0 aliphatic carbocycles. The summed E-state index contributed by atoms with van der Waals surface area (Å²) >= 11 is 0. The van der Waals surface area contributed by atoms with Crippen LogP contribution in [-0.4, -0.2) is 28.9 Å². The maximum absolute atomic E-state index is 12.5. The molecule has 0 unspecified atom stereocenters. The van der Waals surface area contributed by atoms with Gasteiger partial charge in [-0.1, -0.05) is 19.9 Å². The van der Waals surface area contributed by atoms with E-state index in [0.29, 0.717) is 11.3 Å². The van der Waals surface area contributed by atoms with Crippen molar-refractivity contribution in [1.29, 1.82) is 5.26 Å². The number of carbonyl (C=O) groups excluding carboxylic acids is 1. The summed E-state index contributed by atoms with van der Waals surface area (Å²) in [4.78, 5) is 18.6. The zero-order valence-electron chi connectivity index (χ0n) is 14.1. The first-order valence-electron chi connectivity index (χ1n) is 8.20. The van der Waals surface area contributed by atoms with E-state index in [1.54, 1.807) is 24.4 Å². The van der Waals surface area contributed by atoms with Crippen molar-refractivity contribution >= 4 is 17.3 Å². The maximum Gasteiger partial charge on any atom is 0.272 e. The second-order valence-electron chi connectivity index (χ2n) is 5.54. The van der Waals surface area contributed by atoms with Crippen LogP contribution >= 0.6 is 0 Å². The van der Waals surface area contributed by atoms with E-state index in [1.807, 2.05) is 23.1 Å². The molecule has 0 bridgehead atoms. The Morgan fingerprint density at radius 3 is 2.50 bits per heavy atom. The first-order valence-corrected chi connectivity index (χ1v) is 8.20. The van der Waals surface area contributed by atoms with Crippen molar-refractivity contribution in [2.24, 2.45) is 0 Å². The fraction of sp³-hybridized carbons (Fsp3) is 0.316. The van der Waals surface area contributed by atoms with Crippen LogP contribution in [0.25, 0.3) is 0 Å². The third kappa shape index (κ3) is 4.56. The maximum atomic E-state index is 12.5. The van der Waals surface area contributed by atoms with Crippen LogP contribution in [0.3, 0.4) is 0 Å². The molecular weight excluding hydrogens is 300 g/mol. The lowest BCUT2D eigenvalue weighted by Gasteiger charge is -2.21. The van der Waals surface area contributed by atoms with Gasteiger partial charge in [0.25, 0.3) is 5.91 Å². The largest absolute Gasteiger partial charge is 0.354 e. The lowest BCUT2D eigenvalue weighted by Crippen LogP contribution is -2.33. The molecule has 0 aliphatic rings. The minimum Gasteiger partial charge on any atom is -0.354 e. The fourth-order valence-electron chi connectivity index (χ4n) is 2.44. The monoisotopic (exact) mass is 322 g/mol. The minimum absolute atomic E-state index is 0.0308. The number of carbonyl (C=O) groups is 1. The first kappa shape index (κ1) is 17.5. The molecule has 1 N–H and O–H groups in total. The van der Waals surface area contributed by atoms with Gasteiger partial charge >= 0.3 is 0 Å². The number of amides is 1. The van der Waals surface area contributed by atoms with Crippen LogP contribution < -0.4 is 5.32 Å². The number of hydrogen-bond acceptors (Lipinski definition) is 4. The summed E-state index contributed by atoms with van der Waals surface area (Å²) in [6, 6.07) is 12.9. The van der Waals surface area contributed by atoms with Crippen LogP contribution in [0.5, 0.6) is 0 Å². The van der Waals surface area contributed by atoms with Gasteiger partial charge in [-0.05, 0) is 43.2 Å². The van der Waals surface area contributed by atoms with E-state index in [0.717, 1.165) is 37.3 Å². The molecule has 0 fully saturated rings. The molecule has 0 spiro atoms. The molecule has 1 heterocycles. The summed E-state index contributed by atoms with van der Waals surface area (Å²) in [6.45, 7) is 5.61. The highest BCUT2D eigenvalue weighted by atomic mass is 16.2. The van der Waals surface area contributed by atoms with Gasteiger partial charge in [-0.2, -0.15) is 5.26 Å². The molecule has 0 atom stereocenters. The lowest BCUT2D eigenvalue weighted by atomic mass is 10.2. The molecule has 0 aliphatic heterocycles. The number of benzene rings is 1. The molecule has 5 nitrogen and oxygen atoms in total. The smallest absolute Gasteiger partial charge is 0.272 e. The number of aromatic nitrogens is 1. The molecule has 1 aromatic carbocycles. The quantitative estimate of drug-likeness (QED) is 0.837. The van der Waals surface area contributed by atoms with Crippen molar-refractivity contribution in [3.8, 4) is 6.07 Å². The van der Waals surface area contributed by atoms with Gasteiger partial charge in [0.05, 0.1) is 23.5 Å². The zero-order valence-corrected chi connectivity index (χ0v) is 14.1. The molecule has 124 valence electrons. The van der Waals surface area contributed by atoms with E-state index >= 15 is 0 Å². The molecule has 2 rings (SSSR count). The second kappa shape index (κ2) is 8.68. The van der Waals surface area contributed by atoms with Crippen molar-refractivity contribution in [3.63, 3.8) is 0 Å². The number of pyridine rings is 1. The Kier molecular flexibility index (Phi) is 6.32. The van der Waals surface area contributed by atoms with Crippen LogP contribution in [0.4, 0.5) is 11.4 Å². The Morgan fingerprint density at radius 2 is 1.92 bits per heavy atom. The van der Waals surface area contributed by atoms with Crippen molar-refractivity contribution in [1.82, 2.24) is 9.88 Å². The summed E-state index contributed by atoms with van der Waals surface area (Å²) in [5.41, 5.74) is 2.63. The minimum atomic E-state index is -0.0308. The molecule has 1 amide bonds. The van der Waals surface area contributed by atoms with Gasteiger partial charge in [-0.3, -0.25) is 4.79 Å². The summed E-state index contributed by atoms with van der Waals surface area (Å²) in [7, 11) is 0. The third-order valence-corrected chi connectivity index (χ3v) is 3.54. The van der Waals surface area contributed by atoms with Gasteiger partial charge in [0, 0.05) is 18.8 Å². The molecular formula is C19H22N4O. The highest BCUT2D eigenvalue weighted by molar-refractivity contribution is 5.92. The van der Waals surface area contributed by atoms with E-state index < -0.39 is 0 Å². The molecule has 5 heteroatoms. The van der Waals surface area contributed by atoms with Crippen LogP contribution in [0.2, 0.25) is 0 Å². The Hall–Kier alpha value is -2.87. The van der Waals surface area contributed by atoms with Crippen molar-refractivity contribution in [2.45, 2.75) is 26.7 Å². The highest BCUT2D eigenvalue weighted by Gasteiger charge is 2.15. The van der Waals surface area contributed by atoms with Crippen molar-refractivity contribution in [2.75, 3.05) is 18.4 Å². The van der Waals surface area contributed by atoms with E-state index in [2.05, 4.69) is 30.2 Å². The standard InChI is InChI=1S/C19H22N4O/c1-3-10-23(11-4-2)19(24)18-9-8-17(14-21-18)22-16-7-5-6-15(12-16)13-20/h5-9,12,14,22H,3-4,10-11H2,1-2H3. The average Bonchev–Trinajstić information content (AvgIpc) is 2.62. The average molecular weight is 322 g/mol. The Morgan fingerprint density at radius 1 is 1.17 bits per heavy atom. The van der Waals surface area contributed by atoms with E-state index in [4.69, 9.17) is 5.26 Å². The first-order chi connectivity index (χ1) is 11.7. The number of hydrogen-bond donors (Lipinski definition) is 1. The van der Waals surface area contributed by atoms with Gasteiger partial charge in [0.1, 0.15) is 5.69 Å². The summed E-state index contributed by atoms with van der Waals surface area (Å²) in [6.07, 6.45) is 3.50. The second-order valence-corrected chi connectivity index (χ2v) is 5.54. The molecule has 2 aromatic rings. The summed E-state index contributed by atoms with van der Waals surface area (Å²) in [5.74, 6) is -0.0308. The van der Waals surface area contributed by atoms with Gasteiger partial charge in [0.2, 0.25) is 0 Å². The normalized spacial score (nSPS) is 10.0. The highest BCUT2D eigenvalue weighted by Crippen LogP contribution is 2.17. The number of anilines is 2. The molecule has 24 heavy (non-hydrogen) atoms. The van der Waals surface area contributed by atoms with Crippen LogP contribution in [0.1, 0.15) is 42.7 Å². The Balaban J connectivity index is 2.09. The predicted molar refractivity (Wildman–Crippen MR) is 95.2 cm³/mol. The van der Waals surface area contributed by atoms with Crippen LogP contribution in [0, 0.1) is 11.3 Å². The molecule has 1 aromatic heterocycles. The van der Waals surface area contributed by atoms with Crippen molar-refractivity contribution < 1.29 is 4.79 Å². The fourth-order valence-corrected chi connectivity index (χ4v) is 2.44. The Labute approximate surface area is 142 Å². The van der Waals surface area contributed by atoms with Gasteiger partial charge in [-0.15, -0.1) is 0 Å². The van der Waals surface area contributed by atoms with Gasteiger partial charge < -0.3 is 10.2 Å². The summed E-state index contributed by atoms with van der Waals surface area (Å²) in [5, 5.41) is 12.1. The topological polar surface area (TPSA) is 69.0 Å². The van der Waals surface area contributed by atoms with E-state index in [9.17, 15) is 4.79 Å². The summed E-state index contributed by atoms with van der Waals surface area (Å²) < 4.78 is 0. The lowest BCUT2D eigenvalue weighted by molar-refractivity contribution is 0.0749. The van der Waals surface area contributed by atoms with E-state index in [1.165, 1.54) is 0 Å². The zero-order chi connectivity index (χ0) is 17.4.